The molecule has 72 valence electrons. The zero-order valence-electron chi connectivity index (χ0n) is 7.89. The smallest absolute Gasteiger partial charge is 0.372 e. The Balaban J connectivity index is 3.74. The second kappa shape index (κ2) is 5.01. The predicted molar refractivity (Wildman–Crippen MR) is 54.3 cm³/mol. The Hall–Kier alpha value is 0.154. The van der Waals surface area contributed by atoms with Crippen molar-refractivity contribution in [1.82, 2.24) is 0 Å². The van der Waals surface area contributed by atoms with Gasteiger partial charge in [-0.25, -0.2) is 0 Å². The highest BCUT2D eigenvalue weighted by Gasteiger charge is 2.21. The van der Waals surface area contributed by atoms with E-state index in [1.807, 2.05) is 6.55 Å². The molecule has 0 N–H and O–H groups in total. The molecule has 0 rings (SSSR count). The minimum Gasteiger partial charge on any atom is -0.497 e. The molecule has 0 radical (unpaired) electrons. The Kier molecular flexibility index (Phi) is 5.07. The van der Waals surface area contributed by atoms with Gasteiger partial charge in [-0.15, -0.1) is 11.6 Å². The Morgan fingerprint density at radius 2 is 2.00 bits per heavy atom. The lowest BCUT2D eigenvalue weighted by molar-refractivity contribution is -0.132. The van der Waals surface area contributed by atoms with Crippen molar-refractivity contribution in [3.05, 3.63) is 0 Å². The van der Waals surface area contributed by atoms with Gasteiger partial charge in [0, 0.05) is 0 Å². The van der Waals surface area contributed by atoms with E-state index in [9.17, 15) is 4.79 Å². The number of carbonyl (C=O) groups is 1. The standard InChI is InChI=1S/C6H15ClO3Si2/c1-11(9-6(8)5-7)10-12(2,3)4/h11H,5H2,1-4H3. The van der Waals surface area contributed by atoms with Gasteiger partial charge in [-0.3, -0.25) is 4.79 Å². The molecule has 0 saturated heterocycles. The summed E-state index contributed by atoms with van der Waals surface area (Å²) >= 11 is 5.27. The van der Waals surface area contributed by atoms with Crippen LogP contribution in [0.1, 0.15) is 0 Å². The minimum absolute atomic E-state index is 0.0909. The summed E-state index contributed by atoms with van der Waals surface area (Å²) in [6.07, 6.45) is 0. The van der Waals surface area contributed by atoms with E-state index in [0.717, 1.165) is 0 Å². The van der Waals surface area contributed by atoms with Gasteiger partial charge in [-0.1, -0.05) is 0 Å². The Morgan fingerprint density at radius 1 is 1.50 bits per heavy atom. The van der Waals surface area contributed by atoms with Gasteiger partial charge in [0.05, 0.1) is 0 Å². The molecule has 0 aromatic carbocycles. The molecule has 0 amide bonds. The molecule has 0 aliphatic heterocycles. The maximum Gasteiger partial charge on any atom is 0.372 e. The van der Waals surface area contributed by atoms with Crippen LogP contribution in [0, 0.1) is 0 Å². The molecule has 6 heteroatoms. The third kappa shape index (κ3) is 6.84. The first-order chi connectivity index (χ1) is 5.35. The Morgan fingerprint density at radius 3 is 2.33 bits per heavy atom. The van der Waals surface area contributed by atoms with E-state index in [-0.39, 0.29) is 11.8 Å². The molecule has 0 bridgehead atoms. The Labute approximate surface area is 81.0 Å². The van der Waals surface area contributed by atoms with Crippen LogP contribution in [0.15, 0.2) is 0 Å². The number of halogens is 1. The predicted octanol–water partition coefficient (Wildman–Crippen LogP) is 1.47. The van der Waals surface area contributed by atoms with E-state index in [2.05, 4.69) is 19.6 Å². The summed E-state index contributed by atoms with van der Waals surface area (Å²) in [4.78, 5) is 10.7. The van der Waals surface area contributed by atoms with Gasteiger partial charge in [0.1, 0.15) is 5.88 Å². The molecule has 0 aliphatic carbocycles. The van der Waals surface area contributed by atoms with Gasteiger partial charge in [0.2, 0.25) is 0 Å². The van der Waals surface area contributed by atoms with Crippen LogP contribution in [-0.4, -0.2) is 29.5 Å². The van der Waals surface area contributed by atoms with Gasteiger partial charge in [-0.2, -0.15) is 0 Å². The molecule has 12 heavy (non-hydrogen) atoms. The van der Waals surface area contributed by atoms with E-state index in [1.54, 1.807) is 0 Å². The van der Waals surface area contributed by atoms with E-state index in [4.69, 9.17) is 20.1 Å². The fourth-order valence-electron chi connectivity index (χ4n) is 0.739. The zero-order valence-corrected chi connectivity index (χ0v) is 10.8. The van der Waals surface area contributed by atoms with Crippen molar-refractivity contribution in [2.75, 3.05) is 5.88 Å². The molecule has 3 nitrogen and oxygen atoms in total. The van der Waals surface area contributed by atoms with Crippen molar-refractivity contribution >= 4 is 35.2 Å². The first-order valence-corrected chi connectivity index (χ1v) is 9.82. The van der Waals surface area contributed by atoms with Crippen LogP contribution in [0.4, 0.5) is 0 Å². The van der Waals surface area contributed by atoms with Crippen LogP contribution < -0.4 is 0 Å². The number of hydrogen-bond acceptors (Lipinski definition) is 3. The lowest BCUT2D eigenvalue weighted by Crippen LogP contribution is -2.36. The maximum atomic E-state index is 10.7. The first kappa shape index (κ1) is 12.2. The van der Waals surface area contributed by atoms with E-state index < -0.39 is 17.6 Å². The van der Waals surface area contributed by atoms with Crippen molar-refractivity contribution in [2.45, 2.75) is 26.2 Å². The quantitative estimate of drug-likeness (QED) is 0.538. The summed E-state index contributed by atoms with van der Waals surface area (Å²) in [6, 6.07) is 0. The van der Waals surface area contributed by atoms with Crippen molar-refractivity contribution in [3.8, 4) is 0 Å². The van der Waals surface area contributed by atoms with Crippen LogP contribution in [0.3, 0.4) is 0 Å². The second-order valence-corrected chi connectivity index (χ2v) is 10.2. The number of rotatable bonds is 4. The summed E-state index contributed by atoms with van der Waals surface area (Å²) < 4.78 is 10.5. The van der Waals surface area contributed by atoms with Crippen molar-refractivity contribution < 1.29 is 13.3 Å². The summed E-state index contributed by atoms with van der Waals surface area (Å²) in [6.45, 7) is 8.02. The van der Waals surface area contributed by atoms with Crippen LogP contribution >= 0.6 is 11.6 Å². The average molecular weight is 227 g/mol. The van der Waals surface area contributed by atoms with E-state index in [0.29, 0.717) is 0 Å². The first-order valence-electron chi connectivity index (χ1n) is 3.78. The minimum atomic E-state index is -1.77. The number of alkyl halides is 1. The molecule has 1 atom stereocenters. The maximum absolute atomic E-state index is 10.7. The third-order valence-corrected chi connectivity index (χ3v) is 5.90. The lowest BCUT2D eigenvalue weighted by Gasteiger charge is -2.21. The molecular weight excluding hydrogens is 212 g/mol. The monoisotopic (exact) mass is 226 g/mol. The summed E-state index contributed by atoms with van der Waals surface area (Å²) in [5, 5.41) is 0. The lowest BCUT2D eigenvalue weighted by atomic mass is 10.8. The van der Waals surface area contributed by atoms with E-state index in [1.165, 1.54) is 0 Å². The van der Waals surface area contributed by atoms with E-state index >= 15 is 0 Å². The average Bonchev–Trinajstić information content (AvgIpc) is 1.82. The Bertz CT molecular complexity index is 157. The fourth-order valence-corrected chi connectivity index (χ4v) is 5.54. The SMILES string of the molecule is C[SiH](OC(=O)CCl)O[Si](C)(C)C. The fraction of sp³-hybridized carbons (Fsp3) is 0.833. The topological polar surface area (TPSA) is 35.5 Å². The molecule has 1 unspecified atom stereocenters. The third-order valence-electron chi connectivity index (χ3n) is 0.926. The molecule has 0 aromatic rings. The largest absolute Gasteiger partial charge is 0.497 e. The summed E-state index contributed by atoms with van der Waals surface area (Å²) in [7, 11) is -3.33. The van der Waals surface area contributed by atoms with Gasteiger partial charge < -0.3 is 8.54 Å². The van der Waals surface area contributed by atoms with Crippen molar-refractivity contribution in [1.29, 1.82) is 0 Å². The molecule has 0 aliphatic rings. The van der Waals surface area contributed by atoms with Crippen molar-refractivity contribution in [3.63, 3.8) is 0 Å². The highest BCUT2D eigenvalue weighted by Crippen LogP contribution is 2.05. The number of carbonyl (C=O) groups excluding carboxylic acids is 1. The molecule has 0 fully saturated rings. The van der Waals surface area contributed by atoms with Crippen LogP contribution in [-0.2, 0) is 13.3 Å². The molecular formula is C6H15ClO3Si2. The van der Waals surface area contributed by atoms with Gasteiger partial charge in [0.25, 0.3) is 0 Å². The molecule has 0 spiro atoms. The highest BCUT2D eigenvalue weighted by molar-refractivity contribution is 6.76. The van der Waals surface area contributed by atoms with Crippen molar-refractivity contribution in [2.24, 2.45) is 0 Å². The summed E-state index contributed by atoms with van der Waals surface area (Å²) in [5.41, 5.74) is 0. The molecule has 0 saturated carbocycles. The zero-order chi connectivity index (χ0) is 9.78. The van der Waals surface area contributed by atoms with Gasteiger partial charge in [-0.05, 0) is 26.2 Å². The second-order valence-electron chi connectivity index (χ2n) is 3.42. The normalized spacial score (nSPS) is 14.1. The molecule has 0 aromatic heterocycles. The highest BCUT2D eigenvalue weighted by atomic mass is 35.5. The van der Waals surface area contributed by atoms with Gasteiger partial charge >= 0.3 is 15.3 Å². The van der Waals surface area contributed by atoms with Crippen LogP contribution in [0.5, 0.6) is 0 Å². The number of hydrogen-bond donors (Lipinski definition) is 0. The van der Waals surface area contributed by atoms with Crippen LogP contribution in [0.2, 0.25) is 26.2 Å². The van der Waals surface area contributed by atoms with Gasteiger partial charge in [0.15, 0.2) is 8.32 Å². The summed E-state index contributed by atoms with van der Waals surface area (Å²) in [5.74, 6) is -0.471. The molecule has 0 heterocycles. The van der Waals surface area contributed by atoms with Crippen LogP contribution in [0.25, 0.3) is 0 Å².